The Morgan fingerprint density at radius 2 is 1.75 bits per heavy atom. The smallest absolute Gasteiger partial charge is 0.153 e. The zero-order chi connectivity index (χ0) is 12.4. The van der Waals surface area contributed by atoms with E-state index in [0.717, 1.165) is 6.54 Å². The minimum absolute atomic E-state index is 0.383. The summed E-state index contributed by atoms with van der Waals surface area (Å²) < 4.78 is 22.4. The molecule has 1 aliphatic rings. The molecule has 16 heavy (non-hydrogen) atoms. The quantitative estimate of drug-likeness (QED) is 0.808. The van der Waals surface area contributed by atoms with Gasteiger partial charge in [-0.15, -0.1) is 0 Å². The van der Waals surface area contributed by atoms with Gasteiger partial charge in [-0.1, -0.05) is 19.8 Å². The first-order chi connectivity index (χ1) is 7.16. The SMILES string of the molecule is CC1(CNCC(C)(C)S(C)(=O)=O)CCCC1. The fraction of sp³-hybridized carbons (Fsp3) is 1.00. The summed E-state index contributed by atoms with van der Waals surface area (Å²) in [5.74, 6) is 0. The van der Waals surface area contributed by atoms with Crippen LogP contribution in [0.25, 0.3) is 0 Å². The van der Waals surface area contributed by atoms with Crippen molar-refractivity contribution >= 4 is 9.84 Å². The Morgan fingerprint density at radius 1 is 1.25 bits per heavy atom. The predicted octanol–water partition coefficient (Wildman–Crippen LogP) is 1.98. The van der Waals surface area contributed by atoms with Crippen LogP contribution in [0.3, 0.4) is 0 Å². The van der Waals surface area contributed by atoms with Crippen molar-refractivity contribution < 1.29 is 8.42 Å². The Hall–Kier alpha value is -0.0900. The lowest BCUT2D eigenvalue weighted by Gasteiger charge is -2.28. The van der Waals surface area contributed by atoms with E-state index in [4.69, 9.17) is 0 Å². The van der Waals surface area contributed by atoms with Crippen molar-refractivity contribution in [3.05, 3.63) is 0 Å². The molecule has 96 valence electrons. The molecule has 1 rings (SSSR count). The highest BCUT2D eigenvalue weighted by Crippen LogP contribution is 2.36. The molecule has 0 heterocycles. The van der Waals surface area contributed by atoms with E-state index in [1.165, 1.54) is 31.9 Å². The van der Waals surface area contributed by atoms with Gasteiger partial charge in [-0.2, -0.15) is 0 Å². The number of nitrogens with one attached hydrogen (secondary N) is 1. The van der Waals surface area contributed by atoms with Crippen molar-refractivity contribution in [2.45, 2.75) is 51.2 Å². The third kappa shape index (κ3) is 3.45. The summed E-state index contributed by atoms with van der Waals surface area (Å²) in [7, 11) is -2.98. The summed E-state index contributed by atoms with van der Waals surface area (Å²) in [6.07, 6.45) is 6.46. The van der Waals surface area contributed by atoms with Gasteiger partial charge in [0, 0.05) is 19.3 Å². The van der Waals surface area contributed by atoms with E-state index in [9.17, 15) is 8.42 Å². The average molecular weight is 247 g/mol. The molecule has 0 bridgehead atoms. The summed E-state index contributed by atoms with van der Waals surface area (Å²) >= 11 is 0. The fourth-order valence-corrected chi connectivity index (χ4v) is 2.57. The average Bonchev–Trinajstić information content (AvgIpc) is 2.50. The van der Waals surface area contributed by atoms with E-state index in [2.05, 4.69) is 12.2 Å². The summed E-state index contributed by atoms with van der Waals surface area (Å²) in [5.41, 5.74) is 0.383. The number of hydrogen-bond acceptors (Lipinski definition) is 3. The van der Waals surface area contributed by atoms with E-state index in [1.807, 2.05) is 0 Å². The van der Waals surface area contributed by atoms with E-state index < -0.39 is 14.6 Å². The summed E-state index contributed by atoms with van der Waals surface area (Å²) in [5, 5.41) is 3.34. The molecule has 0 aromatic heterocycles. The first-order valence-electron chi connectivity index (χ1n) is 6.07. The van der Waals surface area contributed by atoms with Gasteiger partial charge in [-0.3, -0.25) is 0 Å². The Bertz CT molecular complexity index is 327. The second-order valence-electron chi connectivity index (χ2n) is 6.15. The molecular weight excluding hydrogens is 222 g/mol. The van der Waals surface area contributed by atoms with Crippen LogP contribution in [0.4, 0.5) is 0 Å². The largest absolute Gasteiger partial charge is 0.315 e. The first-order valence-corrected chi connectivity index (χ1v) is 7.96. The molecular formula is C12H25NO2S. The maximum absolute atomic E-state index is 11.5. The molecule has 1 fully saturated rings. The van der Waals surface area contributed by atoms with Gasteiger partial charge >= 0.3 is 0 Å². The molecule has 0 aromatic rings. The maximum atomic E-state index is 11.5. The molecule has 0 aliphatic heterocycles. The predicted molar refractivity (Wildman–Crippen MR) is 68.4 cm³/mol. The topological polar surface area (TPSA) is 46.2 Å². The fourth-order valence-electron chi connectivity index (χ4n) is 2.20. The van der Waals surface area contributed by atoms with Crippen LogP contribution >= 0.6 is 0 Å². The van der Waals surface area contributed by atoms with Gasteiger partial charge in [0.05, 0.1) is 4.75 Å². The lowest BCUT2D eigenvalue weighted by molar-refractivity contribution is 0.310. The standard InChI is InChI=1S/C12H25NO2S/c1-11(2,16(4,14)15)9-13-10-12(3)7-5-6-8-12/h13H,5-10H2,1-4H3. The third-order valence-electron chi connectivity index (χ3n) is 3.92. The first kappa shape index (κ1) is 14.0. The Labute approximate surface area is 99.9 Å². The zero-order valence-corrected chi connectivity index (χ0v) is 11.8. The lowest BCUT2D eigenvalue weighted by atomic mass is 9.89. The minimum Gasteiger partial charge on any atom is -0.315 e. The number of rotatable bonds is 5. The highest BCUT2D eigenvalue weighted by atomic mass is 32.2. The highest BCUT2D eigenvalue weighted by Gasteiger charge is 2.32. The zero-order valence-electron chi connectivity index (χ0n) is 11.0. The Kier molecular flexibility index (Phi) is 4.06. The van der Waals surface area contributed by atoms with Crippen LogP contribution in [0.5, 0.6) is 0 Å². The van der Waals surface area contributed by atoms with E-state index in [1.54, 1.807) is 13.8 Å². The van der Waals surface area contributed by atoms with Crippen molar-refractivity contribution in [1.82, 2.24) is 5.32 Å². The van der Waals surface area contributed by atoms with Crippen molar-refractivity contribution in [2.75, 3.05) is 19.3 Å². The van der Waals surface area contributed by atoms with Crippen LogP contribution in [0, 0.1) is 5.41 Å². The molecule has 1 N–H and O–H groups in total. The molecule has 0 amide bonds. The number of sulfone groups is 1. The van der Waals surface area contributed by atoms with Gasteiger partial charge in [0.15, 0.2) is 9.84 Å². The van der Waals surface area contributed by atoms with E-state index >= 15 is 0 Å². The molecule has 4 heteroatoms. The van der Waals surface area contributed by atoms with Gasteiger partial charge in [0.1, 0.15) is 0 Å². The van der Waals surface area contributed by atoms with Gasteiger partial charge in [-0.05, 0) is 32.1 Å². The van der Waals surface area contributed by atoms with Gasteiger partial charge in [0.2, 0.25) is 0 Å². The van der Waals surface area contributed by atoms with Crippen LogP contribution in [0.2, 0.25) is 0 Å². The van der Waals surface area contributed by atoms with E-state index in [-0.39, 0.29) is 0 Å². The van der Waals surface area contributed by atoms with Crippen LogP contribution in [-0.2, 0) is 9.84 Å². The van der Waals surface area contributed by atoms with Crippen LogP contribution < -0.4 is 5.32 Å². The van der Waals surface area contributed by atoms with Gasteiger partial charge < -0.3 is 5.32 Å². The van der Waals surface area contributed by atoms with Crippen LogP contribution in [-0.4, -0.2) is 32.5 Å². The molecule has 0 unspecified atom stereocenters. The molecule has 0 spiro atoms. The Balaban J connectivity index is 2.41. The molecule has 0 aromatic carbocycles. The molecule has 3 nitrogen and oxygen atoms in total. The van der Waals surface area contributed by atoms with Gasteiger partial charge in [-0.25, -0.2) is 8.42 Å². The molecule has 0 atom stereocenters. The second-order valence-corrected chi connectivity index (χ2v) is 8.80. The highest BCUT2D eigenvalue weighted by molar-refractivity contribution is 7.92. The van der Waals surface area contributed by atoms with Gasteiger partial charge in [0.25, 0.3) is 0 Å². The van der Waals surface area contributed by atoms with Crippen molar-refractivity contribution in [3.8, 4) is 0 Å². The summed E-state index contributed by atoms with van der Waals surface area (Å²) in [6.45, 7) is 7.34. The normalized spacial score (nSPS) is 21.2. The summed E-state index contributed by atoms with van der Waals surface area (Å²) in [4.78, 5) is 0. The molecule has 0 radical (unpaired) electrons. The lowest BCUT2D eigenvalue weighted by Crippen LogP contribution is -2.44. The second kappa shape index (κ2) is 4.65. The van der Waals surface area contributed by atoms with E-state index in [0.29, 0.717) is 12.0 Å². The van der Waals surface area contributed by atoms with Crippen molar-refractivity contribution in [2.24, 2.45) is 5.41 Å². The van der Waals surface area contributed by atoms with Crippen molar-refractivity contribution in [3.63, 3.8) is 0 Å². The molecule has 1 saturated carbocycles. The minimum atomic E-state index is -2.98. The van der Waals surface area contributed by atoms with Crippen LogP contribution in [0.1, 0.15) is 46.5 Å². The molecule has 1 aliphatic carbocycles. The Morgan fingerprint density at radius 3 is 2.19 bits per heavy atom. The third-order valence-corrected chi connectivity index (χ3v) is 6.07. The van der Waals surface area contributed by atoms with Crippen LogP contribution in [0.15, 0.2) is 0 Å². The molecule has 0 saturated heterocycles. The number of hydrogen-bond donors (Lipinski definition) is 1. The summed E-state index contributed by atoms with van der Waals surface area (Å²) in [6, 6.07) is 0. The monoisotopic (exact) mass is 247 g/mol. The maximum Gasteiger partial charge on any atom is 0.153 e. The van der Waals surface area contributed by atoms with Crippen molar-refractivity contribution in [1.29, 1.82) is 0 Å².